The summed E-state index contributed by atoms with van der Waals surface area (Å²) in [4.78, 5) is 18.2. The molecule has 0 aliphatic heterocycles. The van der Waals surface area contributed by atoms with Crippen LogP contribution in [0, 0.1) is 19.7 Å². The molecule has 0 spiro atoms. The predicted octanol–water partition coefficient (Wildman–Crippen LogP) is 4.47. The number of fused-ring (bicyclic) bond motifs is 3. The molecule has 6 heteroatoms. The Morgan fingerprint density at radius 2 is 1.93 bits per heavy atom. The zero-order valence-corrected chi connectivity index (χ0v) is 16.0. The molecule has 0 amide bonds. The van der Waals surface area contributed by atoms with Crippen LogP contribution in [0.4, 0.5) is 4.39 Å². The van der Waals surface area contributed by atoms with Crippen LogP contribution >= 0.6 is 11.3 Å². The topological polar surface area (TPSA) is 47.5 Å². The van der Waals surface area contributed by atoms with Crippen LogP contribution in [0.2, 0.25) is 0 Å². The number of thiazole rings is 1. The lowest BCUT2D eigenvalue weighted by atomic mass is 10.1. The first-order chi connectivity index (χ1) is 13.5. The van der Waals surface area contributed by atoms with E-state index in [1.807, 2.05) is 26.0 Å². The summed E-state index contributed by atoms with van der Waals surface area (Å²) in [5, 5.41) is 0. The molecule has 3 heterocycles. The van der Waals surface area contributed by atoms with E-state index in [0.717, 1.165) is 22.2 Å². The Bertz CT molecular complexity index is 1480. The van der Waals surface area contributed by atoms with E-state index in [0.29, 0.717) is 26.6 Å². The van der Waals surface area contributed by atoms with Crippen LogP contribution in [0.25, 0.3) is 33.4 Å². The zero-order chi connectivity index (χ0) is 19.4. The molecule has 0 fully saturated rings. The van der Waals surface area contributed by atoms with Gasteiger partial charge in [0.05, 0.1) is 16.6 Å². The molecule has 0 bridgehead atoms. The molecule has 0 saturated carbocycles. The quantitative estimate of drug-likeness (QED) is 0.447. The van der Waals surface area contributed by atoms with Gasteiger partial charge in [-0.3, -0.25) is 4.79 Å². The Balaban J connectivity index is 1.65. The van der Waals surface area contributed by atoms with Gasteiger partial charge >= 0.3 is 0 Å². The van der Waals surface area contributed by atoms with Crippen LogP contribution in [0.3, 0.4) is 0 Å². The van der Waals surface area contributed by atoms with Crippen molar-refractivity contribution in [1.29, 1.82) is 0 Å². The second-order valence-corrected chi connectivity index (χ2v) is 7.71. The van der Waals surface area contributed by atoms with Gasteiger partial charge in [0.2, 0.25) is 0 Å². The van der Waals surface area contributed by atoms with Crippen LogP contribution < -0.4 is 10.1 Å². The predicted molar refractivity (Wildman–Crippen MR) is 109 cm³/mol. The van der Waals surface area contributed by atoms with Crippen molar-refractivity contribution >= 4 is 33.4 Å². The van der Waals surface area contributed by atoms with Crippen molar-refractivity contribution in [2.45, 2.75) is 13.8 Å². The highest BCUT2D eigenvalue weighted by molar-refractivity contribution is 7.15. The smallest absolute Gasteiger partial charge is 0.275 e. The third kappa shape index (κ3) is 2.49. The second kappa shape index (κ2) is 6.14. The zero-order valence-electron chi connectivity index (χ0n) is 15.2. The minimum Gasteiger partial charge on any atom is -0.457 e. The fraction of sp³-hybridized carbons (Fsp3) is 0.0909. The fourth-order valence-corrected chi connectivity index (χ4v) is 4.29. The van der Waals surface area contributed by atoms with Gasteiger partial charge in [-0.1, -0.05) is 29.5 Å². The van der Waals surface area contributed by atoms with E-state index < -0.39 is 0 Å². The van der Waals surface area contributed by atoms with E-state index in [1.165, 1.54) is 17.4 Å². The fourth-order valence-electron chi connectivity index (χ4n) is 3.33. The normalized spacial score (nSPS) is 12.5. The van der Waals surface area contributed by atoms with Gasteiger partial charge in [-0.2, -0.15) is 0 Å². The van der Waals surface area contributed by atoms with Crippen molar-refractivity contribution in [3.8, 4) is 11.3 Å². The summed E-state index contributed by atoms with van der Waals surface area (Å²) in [7, 11) is 0. The number of aromatic nitrogens is 2. The molecule has 0 radical (unpaired) electrons. The van der Waals surface area contributed by atoms with E-state index in [1.54, 1.807) is 40.8 Å². The molecule has 0 N–H and O–H groups in total. The van der Waals surface area contributed by atoms with Gasteiger partial charge in [-0.25, -0.2) is 13.8 Å². The maximum Gasteiger partial charge on any atom is 0.275 e. The molecule has 28 heavy (non-hydrogen) atoms. The number of aryl methyl sites for hydroxylation is 2. The van der Waals surface area contributed by atoms with E-state index in [4.69, 9.17) is 4.42 Å². The largest absolute Gasteiger partial charge is 0.457 e. The highest BCUT2D eigenvalue weighted by atomic mass is 32.1. The van der Waals surface area contributed by atoms with Gasteiger partial charge in [0.1, 0.15) is 21.9 Å². The number of imidazole rings is 1. The van der Waals surface area contributed by atoms with Crippen molar-refractivity contribution in [1.82, 2.24) is 9.38 Å². The van der Waals surface area contributed by atoms with E-state index in [9.17, 15) is 9.18 Å². The van der Waals surface area contributed by atoms with Crippen LogP contribution in [0.15, 0.2) is 57.7 Å². The van der Waals surface area contributed by atoms with Crippen LogP contribution in [-0.2, 0) is 0 Å². The van der Waals surface area contributed by atoms with Crippen molar-refractivity contribution in [2.24, 2.45) is 0 Å². The molecule has 0 saturated heterocycles. The number of hydrogen-bond acceptors (Lipinski definition) is 4. The highest BCUT2D eigenvalue weighted by Crippen LogP contribution is 2.25. The van der Waals surface area contributed by atoms with Crippen molar-refractivity contribution in [2.75, 3.05) is 0 Å². The minimum atomic E-state index is -0.348. The Morgan fingerprint density at radius 1 is 1.11 bits per heavy atom. The first-order valence-corrected chi connectivity index (χ1v) is 9.62. The van der Waals surface area contributed by atoms with Crippen molar-refractivity contribution in [3.05, 3.63) is 86.1 Å². The van der Waals surface area contributed by atoms with Gasteiger partial charge < -0.3 is 4.42 Å². The summed E-state index contributed by atoms with van der Waals surface area (Å²) in [5.74, 6) is 0.575. The van der Waals surface area contributed by atoms with Crippen LogP contribution in [0.5, 0.6) is 0 Å². The maximum atomic E-state index is 14.0. The monoisotopic (exact) mass is 390 g/mol. The average Bonchev–Trinajstić information content (AvgIpc) is 3.36. The first kappa shape index (κ1) is 16.9. The minimum absolute atomic E-state index is 0.130. The molecular weight excluding hydrogens is 375 g/mol. The molecule has 4 nitrogen and oxygen atoms in total. The molecular formula is C22H15FN2O2S. The number of benzene rings is 2. The number of nitrogens with zero attached hydrogens (tertiary/aromatic N) is 2. The van der Waals surface area contributed by atoms with Gasteiger partial charge in [-0.05, 0) is 55.3 Å². The second-order valence-electron chi connectivity index (χ2n) is 6.70. The third-order valence-corrected chi connectivity index (χ3v) is 5.94. The maximum absolute atomic E-state index is 14.0. The molecule has 5 rings (SSSR count). The summed E-state index contributed by atoms with van der Waals surface area (Å²) < 4.78 is 21.9. The summed E-state index contributed by atoms with van der Waals surface area (Å²) >= 11 is 1.32. The van der Waals surface area contributed by atoms with E-state index in [-0.39, 0.29) is 11.4 Å². The molecule has 138 valence electrons. The summed E-state index contributed by atoms with van der Waals surface area (Å²) in [6, 6.07) is 13.8. The van der Waals surface area contributed by atoms with Crippen molar-refractivity contribution < 1.29 is 8.81 Å². The van der Waals surface area contributed by atoms with Crippen molar-refractivity contribution in [3.63, 3.8) is 0 Å². The SMILES string of the molecule is Cc1ccc2c(nc3s/c(=C/c4ccc(-c5ccccc5F)o4)c(=O)n32)c1C. The average molecular weight is 390 g/mol. The van der Waals surface area contributed by atoms with E-state index >= 15 is 0 Å². The molecule has 0 unspecified atom stereocenters. The molecule has 0 aliphatic rings. The van der Waals surface area contributed by atoms with Gasteiger partial charge in [0, 0.05) is 6.08 Å². The Morgan fingerprint density at radius 3 is 2.75 bits per heavy atom. The Kier molecular flexibility index (Phi) is 3.70. The lowest BCUT2D eigenvalue weighted by molar-refractivity contribution is 0.560. The molecule has 5 aromatic rings. The lowest BCUT2D eigenvalue weighted by Crippen LogP contribution is -2.22. The number of halogens is 1. The first-order valence-electron chi connectivity index (χ1n) is 8.80. The number of hydrogen-bond donors (Lipinski definition) is 0. The standard InChI is InChI=1S/C22H15FN2O2S/c1-12-7-9-17-20(13(12)2)24-22-25(17)21(26)19(28-22)11-14-8-10-18(27-14)15-5-3-4-6-16(15)23/h3-11H,1-2H3/b19-11+. The Hall–Kier alpha value is -3.25. The van der Waals surface area contributed by atoms with Gasteiger partial charge in [-0.15, -0.1) is 0 Å². The number of furan rings is 1. The molecule has 3 aromatic heterocycles. The summed E-state index contributed by atoms with van der Waals surface area (Å²) in [6.07, 6.45) is 1.68. The summed E-state index contributed by atoms with van der Waals surface area (Å²) in [6.45, 7) is 4.04. The molecule has 0 atom stereocenters. The van der Waals surface area contributed by atoms with Gasteiger partial charge in [0.25, 0.3) is 5.56 Å². The highest BCUT2D eigenvalue weighted by Gasteiger charge is 2.14. The van der Waals surface area contributed by atoms with Crippen LogP contribution in [0.1, 0.15) is 16.9 Å². The van der Waals surface area contributed by atoms with Gasteiger partial charge in [0.15, 0.2) is 4.96 Å². The Labute approximate surface area is 163 Å². The van der Waals surface area contributed by atoms with E-state index in [2.05, 4.69) is 4.98 Å². The molecule has 0 aliphatic carbocycles. The number of rotatable bonds is 2. The lowest BCUT2D eigenvalue weighted by Gasteiger charge is -1.99. The summed E-state index contributed by atoms with van der Waals surface area (Å²) in [5.41, 5.74) is 4.16. The van der Waals surface area contributed by atoms with Crippen LogP contribution in [-0.4, -0.2) is 9.38 Å². The molecule has 2 aromatic carbocycles. The third-order valence-electron chi connectivity index (χ3n) is 4.97.